The fourth-order valence-corrected chi connectivity index (χ4v) is 4.97. The van der Waals surface area contributed by atoms with E-state index in [0.29, 0.717) is 30.0 Å². The molecule has 0 N–H and O–H groups in total. The van der Waals surface area contributed by atoms with Crippen molar-refractivity contribution < 1.29 is 13.2 Å². The lowest BCUT2D eigenvalue weighted by Gasteiger charge is -2.28. The number of imidazole rings is 1. The van der Waals surface area contributed by atoms with Gasteiger partial charge in [0.1, 0.15) is 5.82 Å². The van der Waals surface area contributed by atoms with Crippen LogP contribution in [0.2, 0.25) is 0 Å². The summed E-state index contributed by atoms with van der Waals surface area (Å²) in [6.07, 6.45) is 2.24. The minimum absolute atomic E-state index is 0.0903. The standard InChI is InChI=1S/C19H23N5O3S/c1-13-11-20-17(24(13)28(26,27)21(2)3)12-23-10-9-16-18(19(23)25)14-7-5-6-8-15(14)22(16)4/h5-8,11H,9-10,12H2,1-4H3. The second-order valence-electron chi connectivity index (χ2n) is 7.24. The van der Waals surface area contributed by atoms with Crippen LogP contribution in [0.3, 0.4) is 0 Å². The number of carbonyl (C=O) groups is 1. The van der Waals surface area contributed by atoms with Crippen LogP contribution >= 0.6 is 0 Å². The Hall–Kier alpha value is -2.65. The summed E-state index contributed by atoms with van der Waals surface area (Å²) in [5.74, 6) is 0.246. The first kappa shape index (κ1) is 18.7. The molecule has 3 aromatic rings. The van der Waals surface area contributed by atoms with Gasteiger partial charge >= 0.3 is 10.2 Å². The number of benzene rings is 1. The lowest BCUT2D eigenvalue weighted by atomic mass is 10.0. The third-order valence-electron chi connectivity index (χ3n) is 5.33. The Balaban J connectivity index is 1.74. The van der Waals surface area contributed by atoms with Gasteiger partial charge in [0.25, 0.3) is 5.91 Å². The van der Waals surface area contributed by atoms with Crippen molar-refractivity contribution in [1.82, 2.24) is 22.7 Å². The van der Waals surface area contributed by atoms with Crippen molar-refractivity contribution in [3.63, 3.8) is 0 Å². The number of rotatable bonds is 4. The zero-order valence-electron chi connectivity index (χ0n) is 16.4. The van der Waals surface area contributed by atoms with Crippen molar-refractivity contribution in [2.24, 2.45) is 7.05 Å². The first-order valence-electron chi connectivity index (χ1n) is 9.05. The second-order valence-corrected chi connectivity index (χ2v) is 9.24. The SMILES string of the molecule is Cc1cnc(CN2CCc3c(c4ccccc4n3C)C2=O)n1S(=O)(=O)N(C)C. The quantitative estimate of drug-likeness (QED) is 0.664. The molecule has 0 bridgehead atoms. The topological polar surface area (TPSA) is 80.4 Å². The molecule has 0 saturated heterocycles. The lowest BCUT2D eigenvalue weighted by molar-refractivity contribution is 0.0722. The van der Waals surface area contributed by atoms with E-state index in [1.165, 1.54) is 24.3 Å². The minimum atomic E-state index is -3.71. The Kier molecular flexibility index (Phi) is 4.31. The highest BCUT2D eigenvalue weighted by Crippen LogP contribution is 2.30. The van der Waals surface area contributed by atoms with Gasteiger partial charge in [-0.25, -0.2) is 8.96 Å². The maximum Gasteiger partial charge on any atom is 0.308 e. The number of aryl methyl sites for hydroxylation is 2. The van der Waals surface area contributed by atoms with Crippen LogP contribution in [0, 0.1) is 6.92 Å². The van der Waals surface area contributed by atoms with Crippen LogP contribution in [-0.4, -0.2) is 57.7 Å². The summed E-state index contributed by atoms with van der Waals surface area (Å²) >= 11 is 0. The third-order valence-corrected chi connectivity index (χ3v) is 7.21. The molecule has 1 aromatic carbocycles. The van der Waals surface area contributed by atoms with Gasteiger partial charge in [-0.1, -0.05) is 18.2 Å². The summed E-state index contributed by atoms with van der Waals surface area (Å²) in [7, 11) is 1.23. The number of nitrogens with zero attached hydrogens (tertiary/aromatic N) is 5. The molecule has 8 nitrogen and oxygen atoms in total. The van der Waals surface area contributed by atoms with Gasteiger partial charge in [0.2, 0.25) is 0 Å². The Bertz CT molecular complexity index is 1190. The Morgan fingerprint density at radius 1 is 1.21 bits per heavy atom. The van der Waals surface area contributed by atoms with Gasteiger partial charge in [0.05, 0.1) is 17.8 Å². The van der Waals surface area contributed by atoms with Gasteiger partial charge in [0.15, 0.2) is 0 Å². The van der Waals surface area contributed by atoms with Crippen molar-refractivity contribution in [1.29, 1.82) is 0 Å². The smallest absolute Gasteiger partial charge is 0.308 e. The normalized spacial score (nSPS) is 14.9. The summed E-state index contributed by atoms with van der Waals surface area (Å²) in [4.78, 5) is 19.2. The summed E-state index contributed by atoms with van der Waals surface area (Å²) in [6.45, 7) is 2.35. The van der Waals surface area contributed by atoms with Gasteiger partial charge in [-0.2, -0.15) is 12.7 Å². The molecule has 3 heterocycles. The van der Waals surface area contributed by atoms with Crippen molar-refractivity contribution in [2.75, 3.05) is 20.6 Å². The van der Waals surface area contributed by atoms with E-state index >= 15 is 0 Å². The van der Waals surface area contributed by atoms with E-state index in [-0.39, 0.29) is 12.5 Å². The van der Waals surface area contributed by atoms with Crippen molar-refractivity contribution in [3.8, 4) is 0 Å². The zero-order valence-corrected chi connectivity index (χ0v) is 17.2. The molecule has 0 radical (unpaired) electrons. The van der Waals surface area contributed by atoms with Crippen LogP contribution in [0.15, 0.2) is 30.5 Å². The van der Waals surface area contributed by atoms with E-state index in [9.17, 15) is 13.2 Å². The number of fused-ring (bicyclic) bond motifs is 3. The highest BCUT2D eigenvalue weighted by molar-refractivity contribution is 7.87. The molecule has 0 aliphatic carbocycles. The van der Waals surface area contributed by atoms with Gasteiger partial charge in [-0.15, -0.1) is 0 Å². The largest absolute Gasteiger partial charge is 0.347 e. The van der Waals surface area contributed by atoms with E-state index in [4.69, 9.17) is 0 Å². The molecule has 1 amide bonds. The molecule has 4 rings (SSSR count). The van der Waals surface area contributed by atoms with Gasteiger partial charge < -0.3 is 9.47 Å². The summed E-state index contributed by atoms with van der Waals surface area (Å²) < 4.78 is 29.8. The average Bonchev–Trinajstić information content (AvgIpc) is 3.16. The molecule has 1 aliphatic heterocycles. The van der Waals surface area contributed by atoms with Crippen LogP contribution < -0.4 is 0 Å². The Morgan fingerprint density at radius 3 is 2.64 bits per heavy atom. The number of carbonyl (C=O) groups excluding carboxylic acids is 1. The third kappa shape index (κ3) is 2.65. The van der Waals surface area contributed by atoms with E-state index in [0.717, 1.165) is 20.9 Å². The summed E-state index contributed by atoms with van der Waals surface area (Å²) in [5.41, 5.74) is 3.26. The summed E-state index contributed by atoms with van der Waals surface area (Å²) in [5, 5.41) is 0.926. The average molecular weight is 401 g/mol. The van der Waals surface area contributed by atoms with Gasteiger partial charge in [-0.05, 0) is 13.0 Å². The highest BCUT2D eigenvalue weighted by Gasteiger charge is 2.32. The van der Waals surface area contributed by atoms with Crippen LogP contribution in [0.25, 0.3) is 10.9 Å². The van der Waals surface area contributed by atoms with E-state index < -0.39 is 10.2 Å². The van der Waals surface area contributed by atoms with E-state index in [2.05, 4.69) is 9.55 Å². The fraction of sp³-hybridized carbons (Fsp3) is 0.368. The molecular weight excluding hydrogens is 378 g/mol. The number of aromatic nitrogens is 3. The van der Waals surface area contributed by atoms with Crippen LogP contribution in [0.5, 0.6) is 0 Å². The van der Waals surface area contributed by atoms with Crippen molar-refractivity contribution >= 4 is 27.0 Å². The Morgan fingerprint density at radius 2 is 1.93 bits per heavy atom. The van der Waals surface area contributed by atoms with Crippen LogP contribution in [0.1, 0.15) is 27.6 Å². The maximum absolute atomic E-state index is 13.3. The molecule has 0 spiro atoms. The molecule has 0 atom stereocenters. The second kappa shape index (κ2) is 6.46. The predicted molar refractivity (Wildman–Crippen MR) is 106 cm³/mol. The number of hydrogen-bond donors (Lipinski definition) is 0. The molecule has 0 saturated carbocycles. The number of para-hydroxylation sites is 1. The molecular formula is C19H23N5O3S. The fourth-order valence-electron chi connectivity index (χ4n) is 3.86. The highest BCUT2D eigenvalue weighted by atomic mass is 32.2. The minimum Gasteiger partial charge on any atom is -0.347 e. The lowest BCUT2D eigenvalue weighted by Crippen LogP contribution is -2.39. The molecule has 0 unspecified atom stereocenters. The van der Waals surface area contributed by atoms with Gasteiger partial charge in [0, 0.05) is 56.9 Å². The first-order chi connectivity index (χ1) is 13.2. The predicted octanol–water partition coefficient (Wildman–Crippen LogP) is 1.54. The van der Waals surface area contributed by atoms with Crippen molar-refractivity contribution in [2.45, 2.75) is 19.9 Å². The molecule has 148 valence electrons. The molecule has 2 aromatic heterocycles. The van der Waals surface area contributed by atoms with Gasteiger partial charge in [-0.3, -0.25) is 4.79 Å². The van der Waals surface area contributed by atoms with Crippen LogP contribution in [-0.2, 0) is 30.2 Å². The summed E-state index contributed by atoms with van der Waals surface area (Å²) in [6, 6.07) is 7.85. The number of amides is 1. The molecule has 9 heteroatoms. The molecule has 1 aliphatic rings. The van der Waals surface area contributed by atoms with E-state index in [1.54, 1.807) is 11.8 Å². The number of hydrogen-bond acceptors (Lipinski definition) is 4. The maximum atomic E-state index is 13.3. The van der Waals surface area contributed by atoms with Crippen LogP contribution in [0.4, 0.5) is 0 Å². The monoisotopic (exact) mass is 401 g/mol. The first-order valence-corrected chi connectivity index (χ1v) is 10.4. The zero-order chi connectivity index (χ0) is 20.2. The molecule has 28 heavy (non-hydrogen) atoms. The Labute approximate surface area is 164 Å². The van der Waals surface area contributed by atoms with E-state index in [1.807, 2.05) is 31.3 Å². The molecule has 0 fully saturated rings. The van der Waals surface area contributed by atoms with Crippen molar-refractivity contribution in [3.05, 3.63) is 53.2 Å².